The van der Waals surface area contributed by atoms with Crippen LogP contribution in [-0.4, -0.2) is 31.1 Å². The number of benzene rings is 1. The molecule has 2 rings (SSSR count). The second-order valence-electron chi connectivity index (χ2n) is 4.70. The molecular weight excluding hydrogens is 296 g/mol. The molecule has 0 amide bonds. The van der Waals surface area contributed by atoms with E-state index in [0.29, 0.717) is 5.56 Å². The highest BCUT2D eigenvalue weighted by molar-refractivity contribution is 5.85. The third-order valence-corrected chi connectivity index (χ3v) is 3.48. The van der Waals surface area contributed by atoms with Crippen LogP contribution in [0, 0.1) is 5.82 Å². The van der Waals surface area contributed by atoms with Crippen molar-refractivity contribution in [2.24, 2.45) is 0 Å². The lowest BCUT2D eigenvalue weighted by Gasteiger charge is -2.33. The van der Waals surface area contributed by atoms with Gasteiger partial charge >= 0.3 is 6.18 Å². The van der Waals surface area contributed by atoms with Gasteiger partial charge in [0.1, 0.15) is 5.82 Å². The van der Waals surface area contributed by atoms with Crippen molar-refractivity contribution in [2.45, 2.75) is 19.1 Å². The predicted molar refractivity (Wildman–Crippen MR) is 71.5 cm³/mol. The molecule has 0 saturated carbocycles. The van der Waals surface area contributed by atoms with E-state index in [1.165, 1.54) is 6.07 Å². The van der Waals surface area contributed by atoms with Crippen LogP contribution < -0.4 is 5.32 Å². The van der Waals surface area contributed by atoms with Gasteiger partial charge in [-0.15, -0.1) is 12.4 Å². The van der Waals surface area contributed by atoms with Crippen LogP contribution in [0.25, 0.3) is 0 Å². The first kappa shape index (κ1) is 17.2. The highest BCUT2D eigenvalue weighted by atomic mass is 35.5. The summed E-state index contributed by atoms with van der Waals surface area (Å²) >= 11 is 0. The Bertz CT molecular complexity index is 444. The average Bonchev–Trinajstić information content (AvgIpc) is 2.37. The van der Waals surface area contributed by atoms with Gasteiger partial charge in [-0.1, -0.05) is 6.07 Å². The maximum absolute atomic E-state index is 13.5. The Morgan fingerprint density at radius 2 is 1.80 bits per heavy atom. The number of halogens is 5. The van der Waals surface area contributed by atoms with Gasteiger partial charge in [0.15, 0.2) is 0 Å². The minimum atomic E-state index is -4.64. The summed E-state index contributed by atoms with van der Waals surface area (Å²) in [5, 5.41) is 3.20. The lowest BCUT2D eigenvalue weighted by atomic mass is 10.0. The Hall–Kier alpha value is -0.850. The van der Waals surface area contributed by atoms with Gasteiger partial charge in [0.05, 0.1) is 5.56 Å². The minimum absolute atomic E-state index is 0. The van der Waals surface area contributed by atoms with Crippen molar-refractivity contribution in [3.63, 3.8) is 0 Å². The zero-order valence-corrected chi connectivity index (χ0v) is 11.8. The van der Waals surface area contributed by atoms with Gasteiger partial charge in [-0.2, -0.15) is 13.2 Å². The molecule has 0 aliphatic carbocycles. The summed E-state index contributed by atoms with van der Waals surface area (Å²) in [6, 6.07) is 3.09. The average molecular weight is 313 g/mol. The first-order chi connectivity index (χ1) is 8.89. The molecule has 7 heteroatoms. The highest BCUT2D eigenvalue weighted by Crippen LogP contribution is 2.33. The van der Waals surface area contributed by atoms with E-state index in [0.717, 1.165) is 38.3 Å². The zero-order chi connectivity index (χ0) is 14.0. The Morgan fingerprint density at radius 1 is 1.20 bits per heavy atom. The van der Waals surface area contributed by atoms with Crippen LogP contribution in [-0.2, 0) is 6.18 Å². The number of nitrogens with zero attached hydrogens (tertiary/aromatic N) is 1. The van der Waals surface area contributed by atoms with E-state index >= 15 is 0 Å². The molecule has 1 saturated heterocycles. The van der Waals surface area contributed by atoms with Gasteiger partial charge in [0.25, 0.3) is 0 Å². The molecule has 1 N–H and O–H groups in total. The van der Waals surface area contributed by atoms with Crippen molar-refractivity contribution in [2.75, 3.05) is 26.2 Å². The molecule has 1 aromatic rings. The van der Waals surface area contributed by atoms with Crippen LogP contribution in [0.4, 0.5) is 17.6 Å². The normalized spacial score (nSPS) is 18.4. The molecular formula is C13H17ClF4N2. The molecule has 1 aliphatic rings. The van der Waals surface area contributed by atoms with Gasteiger partial charge in [-0.05, 0) is 24.6 Å². The van der Waals surface area contributed by atoms with E-state index in [1.807, 2.05) is 6.92 Å². The van der Waals surface area contributed by atoms with Gasteiger partial charge in [-0.3, -0.25) is 4.90 Å². The molecule has 1 fully saturated rings. The fourth-order valence-corrected chi connectivity index (χ4v) is 2.30. The monoisotopic (exact) mass is 312 g/mol. The molecule has 0 aromatic heterocycles. The van der Waals surface area contributed by atoms with Crippen molar-refractivity contribution in [3.8, 4) is 0 Å². The Morgan fingerprint density at radius 3 is 2.30 bits per heavy atom. The van der Waals surface area contributed by atoms with Gasteiger partial charge in [0, 0.05) is 32.2 Å². The molecule has 114 valence electrons. The lowest BCUT2D eigenvalue weighted by molar-refractivity contribution is -0.140. The standard InChI is InChI=1S/C13H16F4N2.ClH/c1-9(19-6-4-18-5-7-19)10-2-3-11(12(14)8-10)13(15,16)17;/h2-3,8-9,18H,4-7H2,1H3;1H/t9-;/m0./s1. The lowest BCUT2D eigenvalue weighted by Crippen LogP contribution is -2.44. The van der Waals surface area contributed by atoms with E-state index in [4.69, 9.17) is 0 Å². The van der Waals surface area contributed by atoms with Crippen LogP contribution in [0.3, 0.4) is 0 Å². The van der Waals surface area contributed by atoms with E-state index in [2.05, 4.69) is 10.2 Å². The van der Waals surface area contributed by atoms with Crippen LogP contribution in [0.1, 0.15) is 24.1 Å². The quantitative estimate of drug-likeness (QED) is 0.844. The van der Waals surface area contributed by atoms with Gasteiger partial charge in [0.2, 0.25) is 0 Å². The molecule has 20 heavy (non-hydrogen) atoms. The van der Waals surface area contributed by atoms with Crippen LogP contribution in [0.5, 0.6) is 0 Å². The smallest absolute Gasteiger partial charge is 0.314 e. The second-order valence-corrected chi connectivity index (χ2v) is 4.70. The number of hydrogen-bond donors (Lipinski definition) is 1. The molecule has 1 heterocycles. The van der Waals surface area contributed by atoms with Crippen molar-refractivity contribution in [1.29, 1.82) is 0 Å². The largest absolute Gasteiger partial charge is 0.419 e. The second kappa shape index (κ2) is 6.74. The number of nitrogens with one attached hydrogen (secondary N) is 1. The van der Waals surface area contributed by atoms with E-state index in [1.54, 1.807) is 0 Å². The molecule has 0 radical (unpaired) electrons. The summed E-state index contributed by atoms with van der Waals surface area (Å²) in [5.41, 5.74) is -0.629. The molecule has 1 atom stereocenters. The fraction of sp³-hybridized carbons (Fsp3) is 0.538. The molecule has 0 unspecified atom stereocenters. The van der Waals surface area contributed by atoms with Crippen molar-refractivity contribution >= 4 is 12.4 Å². The summed E-state index contributed by atoms with van der Waals surface area (Å²) in [6.07, 6.45) is -4.64. The maximum atomic E-state index is 13.5. The summed E-state index contributed by atoms with van der Waals surface area (Å²) < 4.78 is 51.0. The summed E-state index contributed by atoms with van der Waals surface area (Å²) in [7, 11) is 0. The summed E-state index contributed by atoms with van der Waals surface area (Å²) in [6.45, 7) is 5.18. The van der Waals surface area contributed by atoms with Crippen molar-refractivity contribution in [1.82, 2.24) is 10.2 Å². The summed E-state index contributed by atoms with van der Waals surface area (Å²) in [5.74, 6) is -1.20. The first-order valence-electron chi connectivity index (χ1n) is 6.21. The van der Waals surface area contributed by atoms with E-state index < -0.39 is 17.6 Å². The Balaban J connectivity index is 0.00000200. The topological polar surface area (TPSA) is 15.3 Å². The molecule has 1 aromatic carbocycles. The summed E-state index contributed by atoms with van der Waals surface area (Å²) in [4.78, 5) is 2.12. The number of alkyl halides is 3. The highest BCUT2D eigenvalue weighted by Gasteiger charge is 2.34. The first-order valence-corrected chi connectivity index (χ1v) is 6.21. The molecule has 0 bridgehead atoms. The van der Waals surface area contributed by atoms with Gasteiger partial charge in [-0.25, -0.2) is 4.39 Å². The maximum Gasteiger partial charge on any atom is 0.419 e. The molecule has 0 spiro atoms. The van der Waals surface area contributed by atoms with E-state index in [9.17, 15) is 17.6 Å². The van der Waals surface area contributed by atoms with Crippen molar-refractivity contribution in [3.05, 3.63) is 35.1 Å². The van der Waals surface area contributed by atoms with Crippen LogP contribution in [0.2, 0.25) is 0 Å². The Kier molecular flexibility index (Phi) is 5.79. The zero-order valence-electron chi connectivity index (χ0n) is 11.0. The number of piperazine rings is 1. The molecule has 2 nitrogen and oxygen atoms in total. The SMILES string of the molecule is C[C@@H](c1ccc(C(F)(F)F)c(F)c1)N1CCNCC1.Cl. The van der Waals surface area contributed by atoms with Crippen LogP contribution >= 0.6 is 12.4 Å². The minimum Gasteiger partial charge on any atom is -0.314 e. The van der Waals surface area contributed by atoms with Gasteiger partial charge < -0.3 is 5.32 Å². The fourth-order valence-electron chi connectivity index (χ4n) is 2.30. The third-order valence-electron chi connectivity index (χ3n) is 3.48. The Labute approximate surface area is 121 Å². The predicted octanol–water partition coefficient (Wildman–Crippen LogP) is 3.23. The van der Waals surface area contributed by atoms with Crippen molar-refractivity contribution < 1.29 is 17.6 Å². The van der Waals surface area contributed by atoms with Crippen LogP contribution in [0.15, 0.2) is 18.2 Å². The molecule has 1 aliphatic heterocycles. The van der Waals surface area contributed by atoms with E-state index in [-0.39, 0.29) is 18.4 Å². The number of rotatable bonds is 2. The number of hydrogen-bond acceptors (Lipinski definition) is 2. The third kappa shape index (κ3) is 3.84.